The number of hydrogen-bond acceptors (Lipinski definition) is 4. The Hall–Kier alpha value is -1.35. The summed E-state index contributed by atoms with van der Waals surface area (Å²) in [5, 5.41) is 17.6. The Morgan fingerprint density at radius 1 is 1.43 bits per heavy atom. The van der Waals surface area contributed by atoms with Gasteiger partial charge < -0.3 is 15.7 Å². The fourth-order valence-corrected chi connectivity index (χ4v) is 2.96. The first kappa shape index (κ1) is 18.0. The first-order valence-electron chi connectivity index (χ1n) is 7.58. The molecule has 1 heterocycles. The largest absolute Gasteiger partial charge is 0.434 e. The predicted octanol–water partition coefficient (Wildman–Crippen LogP) is 2.17. The van der Waals surface area contributed by atoms with E-state index in [9.17, 15) is 18.3 Å². The van der Waals surface area contributed by atoms with Crippen molar-refractivity contribution in [3.05, 3.63) is 16.1 Å². The lowest BCUT2D eigenvalue weighted by Crippen LogP contribution is -2.43. The van der Waals surface area contributed by atoms with Crippen molar-refractivity contribution in [2.75, 3.05) is 19.6 Å². The Bertz CT molecular complexity index is 540. The second kappa shape index (κ2) is 7.48. The van der Waals surface area contributed by atoms with Crippen LogP contribution < -0.4 is 10.6 Å². The number of aliphatic imine (C=N–C) groups is 1. The summed E-state index contributed by atoms with van der Waals surface area (Å²) in [6.45, 7) is 3.35. The minimum Gasteiger partial charge on any atom is -0.388 e. The summed E-state index contributed by atoms with van der Waals surface area (Å²) in [5.74, 6) is 0.556. The maximum Gasteiger partial charge on any atom is 0.434 e. The number of hydrogen-bond donors (Lipinski definition) is 3. The number of rotatable bonds is 6. The third-order valence-corrected chi connectivity index (χ3v) is 4.54. The highest BCUT2D eigenvalue weighted by Gasteiger charge is 2.34. The molecule has 0 aliphatic heterocycles. The molecule has 9 heteroatoms. The minimum absolute atomic E-state index is 0.331. The fraction of sp³-hybridized carbons (Fsp3) is 0.714. The first-order valence-corrected chi connectivity index (χ1v) is 8.46. The van der Waals surface area contributed by atoms with E-state index < -0.39 is 17.5 Å². The molecule has 130 valence electrons. The smallest absolute Gasteiger partial charge is 0.388 e. The molecule has 23 heavy (non-hydrogen) atoms. The summed E-state index contributed by atoms with van der Waals surface area (Å²) in [5.41, 5.74) is -1.54. The monoisotopic (exact) mass is 350 g/mol. The molecule has 0 atom stereocenters. The highest BCUT2D eigenvalue weighted by Crippen LogP contribution is 2.31. The molecule has 0 unspecified atom stereocenters. The number of alkyl halides is 3. The van der Waals surface area contributed by atoms with Crippen LogP contribution in [0.1, 0.15) is 36.9 Å². The molecular weight excluding hydrogens is 329 g/mol. The molecule has 1 aromatic heterocycles. The number of nitrogens with one attached hydrogen (secondary N) is 2. The van der Waals surface area contributed by atoms with Gasteiger partial charge in [0, 0.05) is 24.9 Å². The van der Waals surface area contributed by atoms with E-state index in [0.717, 1.165) is 36.0 Å². The van der Waals surface area contributed by atoms with Gasteiger partial charge in [0.2, 0.25) is 0 Å². The van der Waals surface area contributed by atoms with Crippen LogP contribution in [0.25, 0.3) is 0 Å². The second-order valence-corrected chi connectivity index (χ2v) is 6.52. The van der Waals surface area contributed by atoms with Crippen LogP contribution >= 0.6 is 11.3 Å². The second-order valence-electron chi connectivity index (χ2n) is 5.57. The van der Waals surface area contributed by atoms with Crippen LogP contribution in [0, 0.1) is 0 Å². The fourth-order valence-electron chi connectivity index (χ4n) is 2.15. The van der Waals surface area contributed by atoms with Crippen molar-refractivity contribution >= 4 is 17.3 Å². The van der Waals surface area contributed by atoms with Gasteiger partial charge in [0.15, 0.2) is 11.7 Å². The van der Waals surface area contributed by atoms with Gasteiger partial charge in [-0.25, -0.2) is 4.98 Å². The average Bonchev–Trinajstić information content (AvgIpc) is 2.91. The van der Waals surface area contributed by atoms with Crippen molar-refractivity contribution < 1.29 is 18.3 Å². The summed E-state index contributed by atoms with van der Waals surface area (Å²) in [6, 6.07) is 0. The van der Waals surface area contributed by atoms with Gasteiger partial charge in [-0.3, -0.25) is 4.99 Å². The Kier molecular flexibility index (Phi) is 5.85. The van der Waals surface area contributed by atoms with E-state index in [1.54, 1.807) is 0 Å². The lowest BCUT2D eigenvalue weighted by Gasteiger charge is -2.35. The predicted molar refractivity (Wildman–Crippen MR) is 83.6 cm³/mol. The molecule has 1 saturated carbocycles. The third kappa shape index (κ3) is 5.35. The van der Waals surface area contributed by atoms with Gasteiger partial charge in [-0.1, -0.05) is 0 Å². The van der Waals surface area contributed by atoms with E-state index >= 15 is 0 Å². The van der Waals surface area contributed by atoms with Crippen LogP contribution in [0.4, 0.5) is 13.2 Å². The van der Waals surface area contributed by atoms with Crippen molar-refractivity contribution in [3.8, 4) is 0 Å². The highest BCUT2D eigenvalue weighted by atomic mass is 32.1. The zero-order valence-corrected chi connectivity index (χ0v) is 13.7. The normalized spacial score (nSPS) is 17.7. The molecule has 0 saturated heterocycles. The molecule has 0 spiro atoms. The summed E-state index contributed by atoms with van der Waals surface area (Å²) in [7, 11) is 0. The van der Waals surface area contributed by atoms with Gasteiger partial charge in [0.1, 0.15) is 0 Å². The van der Waals surface area contributed by atoms with E-state index in [1.807, 2.05) is 6.92 Å². The first-order chi connectivity index (χ1) is 10.8. The minimum atomic E-state index is -4.39. The van der Waals surface area contributed by atoms with Crippen LogP contribution in [0.2, 0.25) is 0 Å². The molecular formula is C14H21F3N4OS. The van der Waals surface area contributed by atoms with Crippen LogP contribution in [0.5, 0.6) is 0 Å². The van der Waals surface area contributed by atoms with E-state index in [2.05, 4.69) is 20.6 Å². The highest BCUT2D eigenvalue weighted by molar-refractivity contribution is 7.09. The van der Waals surface area contributed by atoms with E-state index in [0.29, 0.717) is 37.0 Å². The van der Waals surface area contributed by atoms with E-state index in [-0.39, 0.29) is 0 Å². The number of aliphatic hydroxyl groups is 1. The number of nitrogens with zero attached hydrogens (tertiary/aromatic N) is 2. The standard InChI is InChI=1S/C14H21F3N4OS/c1-2-18-12(20-9-13(22)5-3-6-13)19-7-4-11-21-10(8-23-11)14(15,16)17/h8,22H,2-7,9H2,1H3,(H2,18,19,20). The van der Waals surface area contributed by atoms with Crippen molar-refractivity contribution in [2.45, 2.75) is 44.4 Å². The molecule has 0 radical (unpaired) electrons. The van der Waals surface area contributed by atoms with Crippen LogP contribution in [-0.2, 0) is 12.6 Å². The number of guanidine groups is 1. The summed E-state index contributed by atoms with van der Waals surface area (Å²) < 4.78 is 37.4. The van der Waals surface area contributed by atoms with E-state index in [1.165, 1.54) is 0 Å². The lowest BCUT2D eigenvalue weighted by atomic mass is 9.80. The van der Waals surface area contributed by atoms with Gasteiger partial charge in [0.25, 0.3) is 0 Å². The van der Waals surface area contributed by atoms with Gasteiger partial charge in [-0.05, 0) is 26.2 Å². The quantitative estimate of drug-likeness (QED) is 0.543. The molecule has 0 aromatic carbocycles. The topological polar surface area (TPSA) is 69.5 Å². The zero-order valence-electron chi connectivity index (χ0n) is 12.9. The van der Waals surface area contributed by atoms with Crippen LogP contribution in [-0.4, -0.2) is 41.3 Å². The molecule has 5 nitrogen and oxygen atoms in total. The summed E-state index contributed by atoms with van der Waals surface area (Å²) in [6.07, 6.45) is -1.47. The number of halogens is 3. The molecule has 1 aromatic rings. The molecule has 2 rings (SSSR count). The van der Waals surface area contributed by atoms with Crippen molar-refractivity contribution in [2.24, 2.45) is 4.99 Å². The zero-order chi connectivity index (χ0) is 16.9. The maximum absolute atomic E-state index is 12.5. The summed E-state index contributed by atoms with van der Waals surface area (Å²) >= 11 is 1.00. The molecule has 0 bridgehead atoms. The van der Waals surface area contributed by atoms with E-state index in [4.69, 9.17) is 0 Å². The van der Waals surface area contributed by atoms with Gasteiger partial charge in [-0.15, -0.1) is 11.3 Å². The molecule has 1 aliphatic carbocycles. The molecule has 1 fully saturated rings. The molecule has 0 amide bonds. The Labute approximate surface area is 137 Å². The Balaban J connectivity index is 1.81. The lowest BCUT2D eigenvalue weighted by molar-refractivity contribution is -0.140. The SMILES string of the molecule is CCNC(=NCC1(O)CCC1)NCCc1nc(C(F)(F)F)cs1. The van der Waals surface area contributed by atoms with Crippen LogP contribution in [0.3, 0.4) is 0 Å². The molecule has 1 aliphatic rings. The van der Waals surface area contributed by atoms with Gasteiger partial charge in [-0.2, -0.15) is 13.2 Å². The van der Waals surface area contributed by atoms with Gasteiger partial charge in [0.05, 0.1) is 17.2 Å². The number of aromatic nitrogens is 1. The van der Waals surface area contributed by atoms with Gasteiger partial charge >= 0.3 is 6.18 Å². The maximum atomic E-state index is 12.5. The number of thiazole rings is 1. The van der Waals surface area contributed by atoms with Crippen LogP contribution in [0.15, 0.2) is 10.4 Å². The average molecular weight is 350 g/mol. The third-order valence-electron chi connectivity index (χ3n) is 3.63. The summed E-state index contributed by atoms with van der Waals surface area (Å²) in [4.78, 5) is 7.92. The Morgan fingerprint density at radius 2 is 2.17 bits per heavy atom. The van der Waals surface area contributed by atoms with Crippen molar-refractivity contribution in [3.63, 3.8) is 0 Å². The van der Waals surface area contributed by atoms with Crippen molar-refractivity contribution in [1.82, 2.24) is 15.6 Å². The van der Waals surface area contributed by atoms with Crippen molar-refractivity contribution in [1.29, 1.82) is 0 Å². The molecule has 3 N–H and O–H groups in total. The Morgan fingerprint density at radius 3 is 2.70 bits per heavy atom.